The van der Waals surface area contributed by atoms with Gasteiger partial charge < -0.3 is 10.2 Å². The topological polar surface area (TPSA) is 40.5 Å². The van der Waals surface area contributed by atoms with Crippen LogP contribution in [0.1, 0.15) is 6.42 Å². The van der Waals surface area contributed by atoms with Crippen molar-refractivity contribution < 1.29 is 10.2 Å². The molecule has 0 radical (unpaired) electrons. The third-order valence-electron chi connectivity index (χ3n) is 0.538. The molecule has 0 aliphatic carbocycles. The van der Waals surface area contributed by atoms with E-state index < -0.39 is 0 Å². The van der Waals surface area contributed by atoms with E-state index >= 15 is 0 Å². The molecular formula is C4H10O2S. The Kier molecular flexibility index (Phi) is 6.51. The summed E-state index contributed by atoms with van der Waals surface area (Å²) in [7, 11) is 0. The highest BCUT2D eigenvalue weighted by Crippen LogP contribution is 1.97. The summed E-state index contributed by atoms with van der Waals surface area (Å²) in [6.07, 6.45) is 0.783. The molecule has 0 aliphatic heterocycles. The van der Waals surface area contributed by atoms with Crippen molar-refractivity contribution in [1.29, 1.82) is 0 Å². The minimum absolute atomic E-state index is 0.167. The lowest BCUT2D eigenvalue weighted by molar-refractivity contribution is 0.296. The van der Waals surface area contributed by atoms with E-state index in [1.165, 1.54) is 11.8 Å². The van der Waals surface area contributed by atoms with Gasteiger partial charge in [0.1, 0.15) is 0 Å². The van der Waals surface area contributed by atoms with Gasteiger partial charge in [0.15, 0.2) is 0 Å². The Bertz CT molecular complexity index is 28.9. The Morgan fingerprint density at radius 1 is 1.29 bits per heavy atom. The summed E-state index contributed by atoms with van der Waals surface area (Å²) in [6, 6.07) is 0. The fourth-order valence-electron chi connectivity index (χ4n) is 0.231. The van der Waals surface area contributed by atoms with Crippen LogP contribution in [-0.2, 0) is 0 Å². The first-order valence-electron chi connectivity index (χ1n) is 2.21. The molecule has 3 heteroatoms. The molecule has 0 aromatic carbocycles. The lowest BCUT2D eigenvalue weighted by Crippen LogP contribution is -1.85. The number of hydrogen-bond donors (Lipinski definition) is 2. The van der Waals surface area contributed by atoms with E-state index in [0.29, 0.717) is 0 Å². The average Bonchev–Trinajstić information content (AvgIpc) is 1.69. The van der Waals surface area contributed by atoms with Crippen molar-refractivity contribution in [2.45, 2.75) is 6.42 Å². The molecule has 0 aliphatic rings. The molecular weight excluding hydrogens is 112 g/mol. The molecule has 0 unspecified atom stereocenters. The minimum Gasteiger partial charge on any atom is -0.396 e. The van der Waals surface area contributed by atoms with Crippen molar-refractivity contribution in [3.05, 3.63) is 0 Å². The normalized spacial score (nSPS) is 9.43. The van der Waals surface area contributed by atoms with Gasteiger partial charge in [0.25, 0.3) is 0 Å². The van der Waals surface area contributed by atoms with Gasteiger partial charge >= 0.3 is 0 Å². The second kappa shape index (κ2) is 6.27. The molecule has 7 heavy (non-hydrogen) atoms. The van der Waals surface area contributed by atoms with Gasteiger partial charge in [-0.1, -0.05) is 0 Å². The second-order valence-electron chi connectivity index (χ2n) is 1.11. The van der Waals surface area contributed by atoms with Crippen molar-refractivity contribution in [2.24, 2.45) is 0 Å². The summed E-state index contributed by atoms with van der Waals surface area (Å²) in [5, 5.41) is 16.4. The molecule has 0 amide bonds. The molecule has 0 saturated carbocycles. The average molecular weight is 122 g/mol. The first kappa shape index (κ1) is 7.27. The lowest BCUT2D eigenvalue weighted by Gasteiger charge is -1.90. The maximum atomic E-state index is 8.20. The Morgan fingerprint density at radius 3 is 2.43 bits per heavy atom. The largest absolute Gasteiger partial charge is 0.396 e. The molecule has 44 valence electrons. The fraction of sp³-hybridized carbons (Fsp3) is 1.00. The van der Waals surface area contributed by atoms with Gasteiger partial charge in [0.05, 0.1) is 5.94 Å². The molecule has 0 atom stereocenters. The Hall–Kier alpha value is 0.270. The van der Waals surface area contributed by atoms with Crippen LogP contribution in [0, 0.1) is 0 Å². The number of hydrogen-bond acceptors (Lipinski definition) is 3. The smallest absolute Gasteiger partial charge is 0.0885 e. The maximum absolute atomic E-state index is 8.20. The van der Waals surface area contributed by atoms with E-state index in [1.54, 1.807) is 0 Å². The van der Waals surface area contributed by atoms with Crippen LogP contribution in [0.5, 0.6) is 0 Å². The van der Waals surface area contributed by atoms with E-state index in [0.717, 1.165) is 12.2 Å². The van der Waals surface area contributed by atoms with Crippen LogP contribution in [0.4, 0.5) is 0 Å². The first-order chi connectivity index (χ1) is 3.41. The molecule has 2 nitrogen and oxygen atoms in total. The van der Waals surface area contributed by atoms with Crippen LogP contribution in [0.3, 0.4) is 0 Å². The number of thioether (sulfide) groups is 1. The highest BCUT2D eigenvalue weighted by atomic mass is 32.2. The lowest BCUT2D eigenvalue weighted by atomic mass is 10.5. The van der Waals surface area contributed by atoms with Gasteiger partial charge in [-0.3, -0.25) is 0 Å². The van der Waals surface area contributed by atoms with Crippen molar-refractivity contribution >= 4 is 11.8 Å². The van der Waals surface area contributed by atoms with Crippen molar-refractivity contribution in [1.82, 2.24) is 0 Å². The standard InChI is InChI=1S/C4H10O2S/c5-2-1-3-7-4-6/h5-6H,1-4H2. The Balaban J connectivity index is 2.45. The van der Waals surface area contributed by atoms with Gasteiger partial charge in [0, 0.05) is 6.61 Å². The van der Waals surface area contributed by atoms with Crippen LogP contribution in [0.25, 0.3) is 0 Å². The van der Waals surface area contributed by atoms with Crippen LogP contribution < -0.4 is 0 Å². The van der Waals surface area contributed by atoms with E-state index in [9.17, 15) is 0 Å². The van der Waals surface area contributed by atoms with Crippen molar-refractivity contribution in [3.8, 4) is 0 Å². The molecule has 0 saturated heterocycles. The minimum atomic E-state index is 0.167. The third kappa shape index (κ3) is 6.27. The quantitative estimate of drug-likeness (QED) is 0.409. The summed E-state index contributed by atoms with van der Waals surface area (Å²) < 4.78 is 0. The predicted molar refractivity (Wildman–Crippen MR) is 31.2 cm³/mol. The predicted octanol–water partition coefficient (Wildman–Crippen LogP) is 0.0518. The molecule has 0 heterocycles. The van der Waals surface area contributed by atoms with Gasteiger partial charge in [-0.05, 0) is 12.2 Å². The monoisotopic (exact) mass is 122 g/mol. The SMILES string of the molecule is OCCCSCO. The maximum Gasteiger partial charge on any atom is 0.0885 e. The molecule has 0 aromatic rings. The zero-order valence-corrected chi connectivity index (χ0v) is 4.95. The van der Waals surface area contributed by atoms with Gasteiger partial charge in [-0.2, -0.15) is 0 Å². The van der Waals surface area contributed by atoms with E-state index in [-0.39, 0.29) is 12.5 Å². The molecule has 2 N–H and O–H groups in total. The first-order valence-corrected chi connectivity index (χ1v) is 3.36. The zero-order chi connectivity index (χ0) is 5.54. The number of aliphatic hydroxyl groups excluding tert-OH is 2. The Labute approximate surface area is 47.5 Å². The highest BCUT2D eigenvalue weighted by Gasteiger charge is 1.81. The molecule has 0 bridgehead atoms. The number of rotatable bonds is 4. The summed E-state index contributed by atoms with van der Waals surface area (Å²) in [5.74, 6) is 1.02. The Morgan fingerprint density at radius 2 is 2.00 bits per heavy atom. The van der Waals surface area contributed by atoms with Crippen LogP contribution in [0.2, 0.25) is 0 Å². The van der Waals surface area contributed by atoms with Gasteiger partial charge in [-0.25, -0.2) is 0 Å². The molecule has 0 rings (SSSR count). The van der Waals surface area contributed by atoms with Crippen molar-refractivity contribution in [2.75, 3.05) is 18.3 Å². The van der Waals surface area contributed by atoms with Gasteiger partial charge in [-0.15, -0.1) is 11.8 Å². The zero-order valence-electron chi connectivity index (χ0n) is 4.13. The summed E-state index contributed by atoms with van der Waals surface area (Å²) in [5.41, 5.74) is 0. The fourth-order valence-corrected chi connectivity index (χ4v) is 0.693. The van der Waals surface area contributed by atoms with Crippen LogP contribution >= 0.6 is 11.8 Å². The summed E-state index contributed by atoms with van der Waals surface area (Å²) in [6.45, 7) is 0.229. The molecule has 0 fully saturated rings. The van der Waals surface area contributed by atoms with E-state index in [2.05, 4.69) is 0 Å². The summed E-state index contributed by atoms with van der Waals surface area (Å²) >= 11 is 1.43. The van der Waals surface area contributed by atoms with Gasteiger partial charge in [0.2, 0.25) is 0 Å². The third-order valence-corrected chi connectivity index (χ3v) is 1.30. The second-order valence-corrected chi connectivity index (χ2v) is 2.19. The van der Waals surface area contributed by atoms with Crippen molar-refractivity contribution in [3.63, 3.8) is 0 Å². The van der Waals surface area contributed by atoms with E-state index in [4.69, 9.17) is 10.2 Å². The van der Waals surface area contributed by atoms with E-state index in [1.807, 2.05) is 0 Å². The molecule has 0 spiro atoms. The van der Waals surface area contributed by atoms with Crippen LogP contribution in [0.15, 0.2) is 0 Å². The number of aliphatic hydroxyl groups is 2. The summed E-state index contributed by atoms with van der Waals surface area (Å²) in [4.78, 5) is 0. The van der Waals surface area contributed by atoms with Crippen LogP contribution in [-0.4, -0.2) is 28.5 Å². The highest BCUT2D eigenvalue weighted by molar-refractivity contribution is 7.99. The molecule has 0 aromatic heterocycles.